The Balaban J connectivity index is 2.56. The minimum absolute atomic E-state index is 0.369. The molecule has 0 unspecified atom stereocenters. The topological polar surface area (TPSA) is 59.0 Å². The van der Waals surface area contributed by atoms with Crippen molar-refractivity contribution in [2.24, 2.45) is 11.1 Å². The van der Waals surface area contributed by atoms with E-state index in [0.29, 0.717) is 30.3 Å². The van der Waals surface area contributed by atoms with Gasteiger partial charge in [0.05, 0.1) is 23.1 Å². The quantitative estimate of drug-likeness (QED) is 0.860. The monoisotopic (exact) mass is 266 g/mol. The number of rotatable bonds is 6. The van der Waals surface area contributed by atoms with Gasteiger partial charge in [0.15, 0.2) is 0 Å². The van der Waals surface area contributed by atoms with Crippen molar-refractivity contribution < 1.29 is 4.74 Å². The minimum Gasteiger partial charge on any atom is -0.492 e. The number of benzene rings is 1. The van der Waals surface area contributed by atoms with Crippen LogP contribution in [0.5, 0.6) is 5.75 Å². The summed E-state index contributed by atoms with van der Waals surface area (Å²) >= 11 is 6.12. The van der Waals surface area contributed by atoms with Gasteiger partial charge >= 0.3 is 0 Å². The maximum Gasteiger partial charge on any atom is 0.137 e. The molecule has 0 spiro atoms. The van der Waals surface area contributed by atoms with E-state index >= 15 is 0 Å². The predicted molar refractivity (Wildman–Crippen MR) is 73.7 cm³/mol. The molecular weight excluding hydrogens is 248 g/mol. The lowest BCUT2D eigenvalue weighted by molar-refractivity contribution is 0.264. The van der Waals surface area contributed by atoms with Crippen LogP contribution in [0.15, 0.2) is 18.2 Å². The zero-order valence-corrected chi connectivity index (χ0v) is 11.6. The van der Waals surface area contributed by atoms with Crippen LogP contribution < -0.4 is 10.5 Å². The second-order valence-corrected chi connectivity index (χ2v) is 5.30. The average molecular weight is 267 g/mol. The fourth-order valence-corrected chi connectivity index (χ4v) is 1.71. The summed E-state index contributed by atoms with van der Waals surface area (Å²) in [5.74, 6) is 0.658. The van der Waals surface area contributed by atoms with E-state index in [4.69, 9.17) is 27.3 Å². The molecule has 0 amide bonds. The SMILES string of the molecule is CC(C)(C#N)CCOc1ccc(CCN)cc1Cl. The Kier molecular flexibility index (Phi) is 5.46. The third kappa shape index (κ3) is 4.56. The summed E-state index contributed by atoms with van der Waals surface area (Å²) < 4.78 is 5.59. The number of hydrogen-bond acceptors (Lipinski definition) is 3. The number of nitrogens with zero attached hydrogens (tertiary/aromatic N) is 1. The molecule has 3 nitrogen and oxygen atoms in total. The summed E-state index contributed by atoms with van der Waals surface area (Å²) in [7, 11) is 0. The van der Waals surface area contributed by atoms with Gasteiger partial charge in [-0.05, 0) is 50.9 Å². The molecule has 0 bridgehead atoms. The lowest BCUT2D eigenvalue weighted by atomic mass is 9.92. The molecule has 0 fully saturated rings. The molecule has 0 radical (unpaired) electrons. The van der Waals surface area contributed by atoms with E-state index < -0.39 is 0 Å². The molecule has 0 aliphatic rings. The van der Waals surface area contributed by atoms with Gasteiger partial charge in [-0.1, -0.05) is 17.7 Å². The van der Waals surface area contributed by atoms with Crippen LogP contribution in [0.25, 0.3) is 0 Å². The van der Waals surface area contributed by atoms with Gasteiger partial charge in [-0.15, -0.1) is 0 Å². The van der Waals surface area contributed by atoms with Crippen LogP contribution in [0.4, 0.5) is 0 Å². The Morgan fingerprint density at radius 1 is 1.44 bits per heavy atom. The van der Waals surface area contributed by atoms with E-state index in [1.807, 2.05) is 32.0 Å². The van der Waals surface area contributed by atoms with Gasteiger partial charge in [0.25, 0.3) is 0 Å². The second-order valence-electron chi connectivity index (χ2n) is 4.90. The summed E-state index contributed by atoms with van der Waals surface area (Å²) in [4.78, 5) is 0. The Labute approximate surface area is 114 Å². The van der Waals surface area contributed by atoms with Crippen molar-refractivity contribution in [3.8, 4) is 11.8 Å². The molecule has 0 saturated carbocycles. The highest BCUT2D eigenvalue weighted by Crippen LogP contribution is 2.27. The Hall–Kier alpha value is -1.24. The van der Waals surface area contributed by atoms with Crippen molar-refractivity contribution in [2.75, 3.05) is 13.2 Å². The van der Waals surface area contributed by atoms with Gasteiger partial charge in [-0.3, -0.25) is 0 Å². The van der Waals surface area contributed by atoms with Crippen molar-refractivity contribution in [1.82, 2.24) is 0 Å². The molecule has 0 aliphatic heterocycles. The van der Waals surface area contributed by atoms with Crippen molar-refractivity contribution in [1.29, 1.82) is 5.26 Å². The number of nitrogens with two attached hydrogens (primary N) is 1. The molecule has 0 aliphatic carbocycles. The second kappa shape index (κ2) is 6.63. The van der Waals surface area contributed by atoms with Gasteiger partial charge in [0.1, 0.15) is 5.75 Å². The van der Waals surface area contributed by atoms with Gasteiger partial charge in [0, 0.05) is 0 Å². The largest absolute Gasteiger partial charge is 0.492 e. The Morgan fingerprint density at radius 3 is 2.72 bits per heavy atom. The first-order chi connectivity index (χ1) is 8.48. The molecule has 0 heterocycles. The van der Waals surface area contributed by atoms with E-state index in [9.17, 15) is 0 Å². The third-order valence-corrected chi connectivity index (χ3v) is 3.01. The van der Waals surface area contributed by atoms with Crippen LogP contribution in [-0.4, -0.2) is 13.2 Å². The fraction of sp³-hybridized carbons (Fsp3) is 0.500. The van der Waals surface area contributed by atoms with Crippen LogP contribution in [0.1, 0.15) is 25.8 Å². The molecule has 2 N–H and O–H groups in total. The highest BCUT2D eigenvalue weighted by molar-refractivity contribution is 6.32. The molecule has 0 saturated heterocycles. The fourth-order valence-electron chi connectivity index (χ4n) is 1.46. The first kappa shape index (κ1) is 14.8. The van der Waals surface area contributed by atoms with Gasteiger partial charge in [-0.2, -0.15) is 5.26 Å². The van der Waals surface area contributed by atoms with Crippen LogP contribution >= 0.6 is 11.6 Å². The first-order valence-corrected chi connectivity index (χ1v) is 6.39. The molecule has 1 rings (SSSR count). The zero-order chi connectivity index (χ0) is 13.6. The van der Waals surface area contributed by atoms with Gasteiger partial charge in [-0.25, -0.2) is 0 Å². The number of hydrogen-bond donors (Lipinski definition) is 1. The van der Waals surface area contributed by atoms with Crippen molar-refractivity contribution in [2.45, 2.75) is 26.7 Å². The zero-order valence-electron chi connectivity index (χ0n) is 10.9. The molecule has 1 aromatic carbocycles. The summed E-state index contributed by atoms with van der Waals surface area (Å²) in [5, 5.41) is 9.49. The van der Waals surface area contributed by atoms with E-state index in [2.05, 4.69) is 6.07 Å². The number of nitriles is 1. The first-order valence-electron chi connectivity index (χ1n) is 6.01. The standard InChI is InChI=1S/C14H19ClN2O/c1-14(2,10-17)6-8-18-13-4-3-11(5-7-16)9-12(13)15/h3-4,9H,5-8,16H2,1-2H3. The minimum atomic E-state index is -0.369. The lowest BCUT2D eigenvalue weighted by Gasteiger charge is -2.16. The predicted octanol–water partition coefficient (Wildman–Crippen LogP) is 3.16. The molecule has 18 heavy (non-hydrogen) atoms. The summed E-state index contributed by atoms with van der Waals surface area (Å²) in [6, 6.07) is 7.93. The highest BCUT2D eigenvalue weighted by atomic mass is 35.5. The molecule has 0 aromatic heterocycles. The molecule has 1 aromatic rings. The van der Waals surface area contributed by atoms with E-state index in [0.717, 1.165) is 12.0 Å². The van der Waals surface area contributed by atoms with Crippen LogP contribution in [0.2, 0.25) is 5.02 Å². The lowest BCUT2D eigenvalue weighted by Crippen LogP contribution is -2.13. The smallest absolute Gasteiger partial charge is 0.137 e. The maximum atomic E-state index is 8.90. The molecule has 98 valence electrons. The Morgan fingerprint density at radius 2 is 2.17 bits per heavy atom. The number of ether oxygens (including phenoxy) is 1. The molecule has 4 heteroatoms. The van der Waals surface area contributed by atoms with Crippen molar-refractivity contribution in [3.05, 3.63) is 28.8 Å². The van der Waals surface area contributed by atoms with E-state index in [1.165, 1.54) is 0 Å². The summed E-state index contributed by atoms with van der Waals surface area (Å²) in [6.45, 7) is 4.87. The normalized spacial score (nSPS) is 11.1. The highest BCUT2D eigenvalue weighted by Gasteiger charge is 2.16. The third-order valence-electron chi connectivity index (χ3n) is 2.72. The van der Waals surface area contributed by atoms with Crippen LogP contribution in [-0.2, 0) is 6.42 Å². The maximum absolute atomic E-state index is 8.90. The average Bonchev–Trinajstić information content (AvgIpc) is 2.32. The van der Waals surface area contributed by atoms with E-state index in [1.54, 1.807) is 0 Å². The molecular formula is C14H19ClN2O. The molecule has 0 atom stereocenters. The van der Waals surface area contributed by atoms with Crippen LogP contribution in [0.3, 0.4) is 0 Å². The summed E-state index contributed by atoms with van der Waals surface area (Å²) in [5.41, 5.74) is 6.22. The van der Waals surface area contributed by atoms with Gasteiger partial charge < -0.3 is 10.5 Å². The van der Waals surface area contributed by atoms with Crippen molar-refractivity contribution in [3.63, 3.8) is 0 Å². The number of halogens is 1. The van der Waals surface area contributed by atoms with Gasteiger partial charge in [0.2, 0.25) is 0 Å². The van der Waals surface area contributed by atoms with Crippen molar-refractivity contribution >= 4 is 11.6 Å². The van der Waals surface area contributed by atoms with Crippen LogP contribution in [0, 0.1) is 16.7 Å². The Bertz CT molecular complexity index is 438. The van der Waals surface area contributed by atoms with E-state index in [-0.39, 0.29) is 5.41 Å². The summed E-state index contributed by atoms with van der Waals surface area (Å²) in [6.07, 6.45) is 1.48.